The highest BCUT2D eigenvalue weighted by Crippen LogP contribution is 2.26. The van der Waals surface area contributed by atoms with Crippen LogP contribution in [0, 0.1) is 5.92 Å². The van der Waals surface area contributed by atoms with Crippen LogP contribution in [-0.4, -0.2) is 49.0 Å². The van der Waals surface area contributed by atoms with Crippen LogP contribution < -0.4 is 14.8 Å². The van der Waals surface area contributed by atoms with Crippen molar-refractivity contribution in [3.8, 4) is 11.5 Å². The van der Waals surface area contributed by atoms with Crippen molar-refractivity contribution in [2.24, 2.45) is 5.92 Å². The number of nitrogens with zero attached hydrogens (tertiary/aromatic N) is 2. The van der Waals surface area contributed by atoms with Gasteiger partial charge in [0.1, 0.15) is 17.3 Å². The van der Waals surface area contributed by atoms with Gasteiger partial charge in [0, 0.05) is 41.5 Å². The number of aromatic nitrogens is 1. The molecule has 2 aromatic rings. The van der Waals surface area contributed by atoms with Crippen LogP contribution in [0.3, 0.4) is 0 Å². The predicted octanol–water partition coefficient (Wildman–Crippen LogP) is 3.75. The van der Waals surface area contributed by atoms with Crippen molar-refractivity contribution < 1.29 is 19.1 Å². The fourth-order valence-electron chi connectivity index (χ4n) is 3.29. The second-order valence-corrected chi connectivity index (χ2v) is 7.83. The first-order valence-electron chi connectivity index (χ1n) is 9.61. The van der Waals surface area contributed by atoms with Gasteiger partial charge in [0.25, 0.3) is 0 Å². The number of rotatable bonds is 6. The van der Waals surface area contributed by atoms with E-state index in [2.05, 4.69) is 26.2 Å². The minimum Gasteiger partial charge on any atom is -0.497 e. The van der Waals surface area contributed by atoms with Crippen LogP contribution >= 0.6 is 15.9 Å². The first kappa shape index (κ1) is 21.8. The lowest BCUT2D eigenvalue weighted by molar-refractivity contribution is -0.130. The molecule has 30 heavy (non-hydrogen) atoms. The molecular weight excluding hydrogens is 450 g/mol. The Kier molecular flexibility index (Phi) is 7.46. The van der Waals surface area contributed by atoms with Crippen LogP contribution in [0.15, 0.2) is 47.1 Å². The van der Waals surface area contributed by atoms with Gasteiger partial charge in [0.05, 0.1) is 20.1 Å². The number of nitrogens with one attached hydrogen (secondary N) is 1. The zero-order valence-electron chi connectivity index (χ0n) is 16.9. The molecule has 8 heteroatoms. The summed E-state index contributed by atoms with van der Waals surface area (Å²) in [6.45, 7) is 1.01. The van der Waals surface area contributed by atoms with E-state index >= 15 is 0 Å². The fraction of sp³-hybridized carbons (Fsp3) is 0.318. The normalized spacial score (nSPS) is 16.4. The highest BCUT2D eigenvalue weighted by Gasteiger charge is 2.27. The van der Waals surface area contributed by atoms with E-state index in [1.54, 1.807) is 43.5 Å². The minimum absolute atomic E-state index is 0.122. The Morgan fingerprint density at radius 2 is 2.07 bits per heavy atom. The van der Waals surface area contributed by atoms with E-state index < -0.39 is 0 Å². The number of amides is 2. The summed E-state index contributed by atoms with van der Waals surface area (Å²) >= 11 is 3.32. The molecule has 0 spiro atoms. The molecule has 1 N–H and O–H groups in total. The number of likely N-dealkylation sites (tertiary alicyclic amines) is 1. The second kappa shape index (κ2) is 10.2. The van der Waals surface area contributed by atoms with Gasteiger partial charge in [-0.3, -0.25) is 9.59 Å². The molecule has 0 saturated carbocycles. The maximum absolute atomic E-state index is 12.7. The van der Waals surface area contributed by atoms with E-state index in [1.807, 2.05) is 18.2 Å². The highest BCUT2D eigenvalue weighted by atomic mass is 79.9. The molecule has 1 aromatic carbocycles. The molecule has 2 heterocycles. The van der Waals surface area contributed by atoms with E-state index in [0.29, 0.717) is 30.4 Å². The van der Waals surface area contributed by atoms with E-state index in [1.165, 1.54) is 6.08 Å². The van der Waals surface area contributed by atoms with Gasteiger partial charge in [-0.25, -0.2) is 4.98 Å². The summed E-state index contributed by atoms with van der Waals surface area (Å²) in [4.78, 5) is 31.2. The number of ether oxygens (including phenoxy) is 2. The number of methoxy groups -OCH3 is 2. The van der Waals surface area contributed by atoms with Gasteiger partial charge < -0.3 is 19.7 Å². The van der Waals surface area contributed by atoms with Gasteiger partial charge in [0.2, 0.25) is 11.8 Å². The van der Waals surface area contributed by atoms with Crippen LogP contribution in [0.4, 0.5) is 5.82 Å². The average molecular weight is 474 g/mol. The van der Waals surface area contributed by atoms with Crippen LogP contribution in [0.1, 0.15) is 18.4 Å². The summed E-state index contributed by atoms with van der Waals surface area (Å²) in [5.74, 6) is 1.28. The number of halogens is 1. The number of carbonyl (C=O) groups excluding carboxylic acids is 2. The topological polar surface area (TPSA) is 80.8 Å². The molecule has 1 fully saturated rings. The Morgan fingerprint density at radius 1 is 1.23 bits per heavy atom. The van der Waals surface area contributed by atoms with Gasteiger partial charge in [0.15, 0.2) is 0 Å². The Bertz CT molecular complexity index is 930. The van der Waals surface area contributed by atoms with Crippen molar-refractivity contribution in [1.29, 1.82) is 0 Å². The van der Waals surface area contributed by atoms with Gasteiger partial charge in [-0.15, -0.1) is 0 Å². The van der Waals surface area contributed by atoms with Crippen molar-refractivity contribution >= 4 is 39.6 Å². The SMILES string of the molecule is COc1ccc(C=CC(=O)N2CCCC(C(=O)Nc3ccc(Br)cn3)C2)c(OC)c1. The molecular formula is C22H24BrN3O4. The van der Waals surface area contributed by atoms with Gasteiger partial charge in [-0.1, -0.05) is 0 Å². The molecule has 1 saturated heterocycles. The van der Waals surface area contributed by atoms with E-state index in [0.717, 1.165) is 22.9 Å². The maximum atomic E-state index is 12.7. The summed E-state index contributed by atoms with van der Waals surface area (Å²) in [5, 5.41) is 2.83. The lowest BCUT2D eigenvalue weighted by Gasteiger charge is -2.31. The first-order valence-corrected chi connectivity index (χ1v) is 10.4. The number of pyridine rings is 1. The van der Waals surface area contributed by atoms with E-state index in [9.17, 15) is 9.59 Å². The summed E-state index contributed by atoms with van der Waals surface area (Å²) in [6.07, 6.45) is 6.38. The lowest BCUT2D eigenvalue weighted by atomic mass is 9.97. The smallest absolute Gasteiger partial charge is 0.246 e. The zero-order valence-corrected chi connectivity index (χ0v) is 18.5. The minimum atomic E-state index is -0.267. The van der Waals surface area contributed by atoms with Crippen molar-refractivity contribution in [1.82, 2.24) is 9.88 Å². The third kappa shape index (κ3) is 5.60. The molecule has 0 bridgehead atoms. The van der Waals surface area contributed by atoms with Gasteiger partial charge in [-0.05, 0) is 59.1 Å². The summed E-state index contributed by atoms with van der Waals surface area (Å²) < 4.78 is 11.4. The predicted molar refractivity (Wildman–Crippen MR) is 118 cm³/mol. The summed E-state index contributed by atoms with van der Waals surface area (Å²) in [5.41, 5.74) is 0.777. The summed E-state index contributed by atoms with van der Waals surface area (Å²) in [7, 11) is 3.16. The van der Waals surface area contributed by atoms with Crippen LogP contribution in [0.5, 0.6) is 11.5 Å². The monoisotopic (exact) mass is 473 g/mol. The lowest BCUT2D eigenvalue weighted by Crippen LogP contribution is -2.43. The molecule has 0 radical (unpaired) electrons. The van der Waals surface area contributed by atoms with Crippen LogP contribution in [-0.2, 0) is 9.59 Å². The number of hydrogen-bond acceptors (Lipinski definition) is 5. The standard InChI is InChI=1S/C22H24BrN3O4/c1-29-18-8-5-15(19(12-18)30-2)6-10-21(27)26-11-3-4-16(14-26)22(28)25-20-9-7-17(23)13-24-20/h5-10,12-13,16H,3-4,11,14H2,1-2H3,(H,24,25,28). The fourth-order valence-corrected chi connectivity index (χ4v) is 3.53. The first-order chi connectivity index (χ1) is 14.5. The van der Waals surface area contributed by atoms with E-state index in [4.69, 9.17) is 9.47 Å². The molecule has 7 nitrogen and oxygen atoms in total. The Balaban J connectivity index is 1.62. The van der Waals surface area contributed by atoms with Gasteiger partial charge in [-0.2, -0.15) is 0 Å². The van der Waals surface area contributed by atoms with Gasteiger partial charge >= 0.3 is 0 Å². The Labute approximate surface area is 184 Å². The highest BCUT2D eigenvalue weighted by molar-refractivity contribution is 9.10. The molecule has 1 aliphatic rings. The van der Waals surface area contributed by atoms with Crippen LogP contribution in [0.25, 0.3) is 6.08 Å². The number of piperidine rings is 1. The van der Waals surface area contributed by atoms with E-state index in [-0.39, 0.29) is 17.7 Å². The number of anilines is 1. The molecule has 1 unspecified atom stereocenters. The maximum Gasteiger partial charge on any atom is 0.246 e. The van der Waals surface area contributed by atoms with Crippen molar-refractivity contribution in [2.45, 2.75) is 12.8 Å². The second-order valence-electron chi connectivity index (χ2n) is 6.92. The number of carbonyl (C=O) groups is 2. The molecule has 3 rings (SSSR count). The number of benzene rings is 1. The third-order valence-corrected chi connectivity index (χ3v) is 5.40. The Morgan fingerprint density at radius 3 is 2.77 bits per heavy atom. The van der Waals surface area contributed by atoms with Crippen molar-refractivity contribution in [2.75, 3.05) is 32.6 Å². The number of hydrogen-bond donors (Lipinski definition) is 1. The summed E-state index contributed by atoms with van der Waals surface area (Å²) in [6, 6.07) is 8.96. The molecule has 1 aliphatic heterocycles. The molecule has 2 amide bonds. The quantitative estimate of drug-likeness (QED) is 0.646. The molecule has 1 aromatic heterocycles. The average Bonchev–Trinajstić information content (AvgIpc) is 2.78. The molecule has 1 atom stereocenters. The molecule has 158 valence electrons. The van der Waals surface area contributed by atoms with Crippen molar-refractivity contribution in [3.63, 3.8) is 0 Å². The zero-order chi connectivity index (χ0) is 21.5. The van der Waals surface area contributed by atoms with Crippen molar-refractivity contribution in [3.05, 3.63) is 52.6 Å². The third-order valence-electron chi connectivity index (χ3n) is 4.93. The largest absolute Gasteiger partial charge is 0.497 e. The molecule has 0 aliphatic carbocycles. The van der Waals surface area contributed by atoms with Crippen LogP contribution in [0.2, 0.25) is 0 Å². The Hall–Kier alpha value is -2.87.